The SMILES string of the molecule is CC(C)COC(=O)Cl.CC1(C)CCC(C)(C)c2cc(OC(=O)c3ccc(C(=O)O)cc3)ccc21.CCN(CC)CC.COC(=O)CNC(=O)CNC(=O)c1ccc(C(=O)Nc2ccc3c(c2)C(C)(C)CCC3(C)C)cc1.COC(=O)CNC(=O)C[NH3+].[Cl-]. The molecule has 4 aromatic rings. The number of amides is 4. The molecule has 2 aliphatic carbocycles. The minimum atomic E-state index is -1.02. The molecule has 0 radical (unpaired) electrons. The monoisotopic (exact) mass is 1250 g/mol. The molecular formula is C65H92Cl2N6O14. The maximum atomic E-state index is 12.8. The second-order valence-electron chi connectivity index (χ2n) is 23.5. The van der Waals surface area contributed by atoms with Gasteiger partial charge in [-0.3, -0.25) is 28.8 Å². The molecule has 4 aromatic carbocycles. The van der Waals surface area contributed by atoms with E-state index in [9.17, 15) is 43.2 Å². The minimum absolute atomic E-state index is 0. The van der Waals surface area contributed by atoms with Gasteiger partial charge in [0, 0.05) is 28.4 Å². The highest BCUT2D eigenvalue weighted by Gasteiger charge is 2.38. The van der Waals surface area contributed by atoms with Crippen molar-refractivity contribution in [1.82, 2.24) is 20.9 Å². The van der Waals surface area contributed by atoms with Gasteiger partial charge in [0.05, 0.1) is 38.5 Å². The maximum absolute atomic E-state index is 12.8. The maximum Gasteiger partial charge on any atom is 0.403 e. The lowest BCUT2D eigenvalue weighted by Gasteiger charge is -2.42. The fourth-order valence-corrected chi connectivity index (χ4v) is 9.05. The highest BCUT2D eigenvalue weighted by atomic mass is 35.5. The number of carboxylic acids is 1. The molecule has 0 heterocycles. The topological polar surface area (TPSA) is 290 Å². The summed E-state index contributed by atoms with van der Waals surface area (Å²) in [6, 6.07) is 23.9. The predicted molar refractivity (Wildman–Crippen MR) is 332 cm³/mol. The van der Waals surface area contributed by atoms with Crippen LogP contribution in [-0.4, -0.2) is 130 Å². The lowest BCUT2D eigenvalue weighted by Crippen LogP contribution is -3.00. The third-order valence-corrected chi connectivity index (χ3v) is 14.9. The summed E-state index contributed by atoms with van der Waals surface area (Å²) in [6.07, 6.45) is 4.42. The fraction of sp³-hybridized carbons (Fsp3) is 0.492. The molecule has 0 aromatic heterocycles. The highest BCUT2D eigenvalue weighted by Crippen LogP contribution is 2.48. The van der Waals surface area contributed by atoms with Crippen molar-refractivity contribution >= 4 is 70.2 Å². The van der Waals surface area contributed by atoms with Crippen LogP contribution in [0.3, 0.4) is 0 Å². The standard InChI is InChI=1S/C27H33N3O5.C22H24O4.C6H15N.C5H9ClO2.C5H10N2O3.ClH/c1-26(2)12-13-27(3,4)21-14-19(10-11-20(21)26)30-25(34)18-8-6-17(7-9-18)24(33)29-15-22(31)28-16-23(32)35-5;1-21(2)11-12-22(3,4)18-13-16(9-10-17(18)21)26-20(25)15-7-5-14(6-8-15)19(23)24;1-4-7(5-2)6-3;1-4(2)3-8-5(6)7;1-10-5(9)3-7-4(8)2-6;/h6-11,14H,12-13,15-16H2,1-5H3,(H,28,31)(H,29,33)(H,30,34);5-10,13H,11-12H2,1-4H3,(H,23,24);4-6H2,1-3H3;4H,3H2,1-2H3;2-3,6H2,1H3,(H,7,8);1H. The second kappa shape index (κ2) is 36.7. The summed E-state index contributed by atoms with van der Waals surface area (Å²) in [6.45, 7) is 31.8. The zero-order valence-corrected chi connectivity index (χ0v) is 54.8. The van der Waals surface area contributed by atoms with Gasteiger partial charge < -0.3 is 68.4 Å². The van der Waals surface area contributed by atoms with Crippen molar-refractivity contribution in [2.75, 3.05) is 72.0 Å². The van der Waals surface area contributed by atoms with E-state index in [1.54, 1.807) is 12.1 Å². The van der Waals surface area contributed by atoms with Gasteiger partial charge in [-0.25, -0.2) is 14.4 Å². The number of hydrogen-bond donors (Lipinski definition) is 6. The molecule has 0 saturated carbocycles. The number of methoxy groups -OCH3 is 2. The smallest absolute Gasteiger partial charge is 0.403 e. The number of esters is 3. The first-order chi connectivity index (χ1) is 40.2. The quantitative estimate of drug-likeness (QED) is 0.0282. The number of hydrogen-bond acceptors (Lipinski definition) is 14. The van der Waals surface area contributed by atoms with Crippen LogP contribution in [-0.2, 0) is 55.0 Å². The lowest BCUT2D eigenvalue weighted by molar-refractivity contribution is -0.355. The molecular weight excluding hydrogens is 1160 g/mol. The number of quaternary nitrogens is 1. The van der Waals surface area contributed by atoms with Crippen molar-refractivity contribution < 1.29 is 85.3 Å². The van der Waals surface area contributed by atoms with Crippen LogP contribution in [0.15, 0.2) is 84.9 Å². The first-order valence-electron chi connectivity index (χ1n) is 28.8. The van der Waals surface area contributed by atoms with E-state index in [2.05, 4.69) is 140 Å². The number of carboxylic acid groups (broad SMARTS) is 1. The van der Waals surface area contributed by atoms with E-state index in [1.807, 2.05) is 32.0 Å². The molecule has 0 aliphatic heterocycles. The number of nitrogens with one attached hydrogen (secondary N) is 4. The summed E-state index contributed by atoms with van der Waals surface area (Å²) in [5.74, 6) is -3.19. The van der Waals surface area contributed by atoms with Crippen LogP contribution in [0.1, 0.15) is 179 Å². The number of carbonyl (C=O) groups is 9. The Morgan fingerprint density at radius 3 is 1.38 bits per heavy atom. The van der Waals surface area contributed by atoms with E-state index in [0.29, 0.717) is 35.0 Å². The van der Waals surface area contributed by atoms with Crippen LogP contribution in [0, 0.1) is 5.92 Å². The van der Waals surface area contributed by atoms with Gasteiger partial charge in [-0.15, -0.1) is 0 Å². The summed E-state index contributed by atoms with van der Waals surface area (Å²) >= 11 is 4.86. The van der Waals surface area contributed by atoms with Crippen molar-refractivity contribution in [1.29, 1.82) is 0 Å². The number of anilines is 1. The number of carbonyl (C=O) groups excluding carboxylic acids is 8. The van der Waals surface area contributed by atoms with Crippen LogP contribution in [0.25, 0.3) is 0 Å². The third kappa shape index (κ3) is 26.2. The van der Waals surface area contributed by atoms with Crippen molar-refractivity contribution in [3.05, 3.63) is 129 Å². The number of nitrogens with zero attached hydrogens (tertiary/aromatic N) is 1. The number of ether oxygens (including phenoxy) is 4. The number of fused-ring (bicyclic) bond motifs is 2. The molecule has 20 nitrogen and oxygen atoms in total. The average molecular weight is 1250 g/mol. The molecule has 0 saturated heterocycles. The van der Waals surface area contributed by atoms with Gasteiger partial charge in [-0.1, -0.05) is 102 Å². The van der Waals surface area contributed by atoms with E-state index in [0.717, 1.165) is 31.4 Å². The Kier molecular flexibility index (Phi) is 32.7. The van der Waals surface area contributed by atoms with E-state index >= 15 is 0 Å². The Morgan fingerprint density at radius 1 is 0.563 bits per heavy atom. The Bertz CT molecular complexity index is 2920. The van der Waals surface area contributed by atoms with Crippen LogP contribution < -0.4 is 44.1 Å². The summed E-state index contributed by atoms with van der Waals surface area (Å²) in [4.78, 5) is 104. The van der Waals surface area contributed by atoms with E-state index in [4.69, 9.17) is 21.4 Å². The largest absolute Gasteiger partial charge is 1.00 e. The van der Waals surface area contributed by atoms with Crippen molar-refractivity contribution in [3.8, 4) is 5.75 Å². The van der Waals surface area contributed by atoms with E-state index in [1.165, 1.54) is 92.5 Å². The molecule has 0 fully saturated rings. The van der Waals surface area contributed by atoms with Gasteiger partial charge in [-0.05, 0) is 168 Å². The van der Waals surface area contributed by atoms with Gasteiger partial charge in [0.15, 0.2) is 6.54 Å². The van der Waals surface area contributed by atoms with Crippen LogP contribution >= 0.6 is 11.6 Å². The lowest BCUT2D eigenvalue weighted by atomic mass is 9.63. The van der Waals surface area contributed by atoms with Crippen molar-refractivity contribution in [3.63, 3.8) is 0 Å². The summed E-state index contributed by atoms with van der Waals surface area (Å²) in [7, 11) is 2.48. The molecule has 6 rings (SSSR count). The number of rotatable bonds is 18. The van der Waals surface area contributed by atoms with Gasteiger partial charge in [-0.2, -0.15) is 0 Å². The predicted octanol–water partition coefficient (Wildman–Crippen LogP) is 6.15. The summed E-state index contributed by atoms with van der Waals surface area (Å²) in [5, 5.41) is 19.0. The zero-order chi connectivity index (χ0) is 65.2. The molecule has 4 amide bonds. The number of benzene rings is 4. The molecule has 0 unspecified atom stereocenters. The minimum Gasteiger partial charge on any atom is -1.00 e. The van der Waals surface area contributed by atoms with E-state index in [-0.39, 0.29) is 77.6 Å². The molecule has 87 heavy (non-hydrogen) atoms. The molecule has 0 bridgehead atoms. The first kappa shape index (κ1) is 77.6. The Labute approximate surface area is 524 Å². The van der Waals surface area contributed by atoms with E-state index < -0.39 is 41.1 Å². The van der Waals surface area contributed by atoms with Gasteiger partial charge in [0.25, 0.3) is 17.7 Å². The van der Waals surface area contributed by atoms with Gasteiger partial charge in [0.1, 0.15) is 18.8 Å². The van der Waals surface area contributed by atoms with Crippen molar-refractivity contribution in [2.45, 2.75) is 137 Å². The second-order valence-corrected chi connectivity index (χ2v) is 23.8. The number of halogens is 2. The molecule has 22 heteroatoms. The molecule has 0 atom stereocenters. The third-order valence-electron chi connectivity index (χ3n) is 14.7. The molecule has 0 spiro atoms. The normalized spacial score (nSPS) is 14.0. The first-order valence-corrected chi connectivity index (χ1v) is 29.1. The Hall–Kier alpha value is -7.39. The van der Waals surface area contributed by atoms with Crippen LogP contribution in [0.4, 0.5) is 10.5 Å². The summed E-state index contributed by atoms with van der Waals surface area (Å²) < 4.78 is 18.7. The summed E-state index contributed by atoms with van der Waals surface area (Å²) in [5.41, 5.74) is 9.92. The van der Waals surface area contributed by atoms with Crippen LogP contribution in [0.5, 0.6) is 5.75 Å². The van der Waals surface area contributed by atoms with Gasteiger partial charge in [0.2, 0.25) is 5.91 Å². The molecule has 480 valence electrons. The highest BCUT2D eigenvalue weighted by molar-refractivity contribution is 6.61. The Morgan fingerprint density at radius 2 is 0.977 bits per heavy atom. The van der Waals surface area contributed by atoms with Crippen LogP contribution in [0.2, 0.25) is 0 Å². The Balaban J connectivity index is 0.000000631. The zero-order valence-electron chi connectivity index (χ0n) is 53.3. The van der Waals surface area contributed by atoms with Crippen molar-refractivity contribution in [2.24, 2.45) is 5.92 Å². The molecule has 2 aliphatic rings. The fourth-order valence-electron chi connectivity index (χ4n) is 8.99. The molecule has 8 N–H and O–H groups in total. The number of aromatic carboxylic acids is 1. The average Bonchev–Trinajstić information content (AvgIpc) is 0.843. The van der Waals surface area contributed by atoms with Gasteiger partial charge >= 0.3 is 29.3 Å².